The van der Waals surface area contributed by atoms with Gasteiger partial charge in [-0.3, -0.25) is 4.79 Å². The van der Waals surface area contributed by atoms with Gasteiger partial charge in [-0.15, -0.1) is 0 Å². The van der Waals surface area contributed by atoms with Crippen molar-refractivity contribution in [3.63, 3.8) is 0 Å². The molecular weight excluding hydrogens is 136 g/mol. The lowest BCUT2D eigenvalue weighted by atomic mass is 10.1. The molecule has 0 spiro atoms. The number of carbonyl (C=O) groups excluding carboxylic acids is 1. The summed E-state index contributed by atoms with van der Waals surface area (Å²) in [6, 6.07) is 0. The molecule has 0 bridgehead atoms. The van der Waals surface area contributed by atoms with Gasteiger partial charge in [-0.1, -0.05) is 0 Å². The molecule has 4 nitrogen and oxygen atoms in total. The van der Waals surface area contributed by atoms with Crippen LogP contribution < -0.4 is 0 Å². The van der Waals surface area contributed by atoms with Crippen molar-refractivity contribution in [3.05, 3.63) is 0 Å². The summed E-state index contributed by atoms with van der Waals surface area (Å²) in [4.78, 5) is 10.4. The maximum absolute atomic E-state index is 10.4. The second-order valence-corrected chi connectivity index (χ2v) is 2.01. The molecule has 0 aromatic carbocycles. The summed E-state index contributed by atoms with van der Waals surface area (Å²) in [5.74, 6) is -0.589. The lowest BCUT2D eigenvalue weighted by Crippen LogP contribution is -2.23. The van der Waals surface area contributed by atoms with E-state index in [1.807, 2.05) is 0 Å². The maximum Gasteiger partial charge on any atom is 0.186 e. The molecule has 0 aromatic rings. The number of ketones is 1. The Bertz CT molecular complexity index is 102. The molecule has 0 rings (SSSR count). The van der Waals surface area contributed by atoms with Crippen LogP contribution in [0.25, 0.3) is 0 Å². The average molecular weight is 148 g/mol. The molecular formula is C6H12O4. The molecule has 0 aliphatic heterocycles. The van der Waals surface area contributed by atoms with Crippen LogP contribution in [0.4, 0.5) is 0 Å². The van der Waals surface area contributed by atoms with Gasteiger partial charge in [0.1, 0.15) is 12.7 Å². The Morgan fingerprint density at radius 1 is 1.40 bits per heavy atom. The predicted octanol–water partition coefficient (Wildman–Crippen LogP) is -1.32. The van der Waals surface area contributed by atoms with Gasteiger partial charge in [0.2, 0.25) is 0 Å². The van der Waals surface area contributed by atoms with Crippen LogP contribution >= 0.6 is 0 Å². The van der Waals surface area contributed by atoms with Gasteiger partial charge in [0.05, 0.1) is 0 Å². The quantitative estimate of drug-likeness (QED) is 0.452. The summed E-state index contributed by atoms with van der Waals surface area (Å²) < 4.78 is 0. The van der Waals surface area contributed by atoms with E-state index in [1.54, 1.807) is 0 Å². The fourth-order valence-corrected chi connectivity index (χ4v) is 0.551. The van der Waals surface area contributed by atoms with Crippen LogP contribution in [0.1, 0.15) is 12.8 Å². The van der Waals surface area contributed by atoms with Gasteiger partial charge in [0.15, 0.2) is 5.78 Å². The number of Topliss-reactive ketones (excluding diaryl/α,β-unsaturated/α-hetero) is 1. The van der Waals surface area contributed by atoms with Crippen molar-refractivity contribution in [3.8, 4) is 0 Å². The van der Waals surface area contributed by atoms with Crippen molar-refractivity contribution in [2.24, 2.45) is 0 Å². The van der Waals surface area contributed by atoms with Gasteiger partial charge < -0.3 is 15.3 Å². The highest BCUT2D eigenvalue weighted by molar-refractivity contribution is 5.83. The molecule has 0 saturated heterocycles. The molecule has 0 heterocycles. The van der Waals surface area contributed by atoms with E-state index in [9.17, 15) is 4.79 Å². The highest BCUT2D eigenvalue weighted by Crippen LogP contribution is 1.96. The Labute approximate surface area is 59.1 Å². The second kappa shape index (κ2) is 5.34. The van der Waals surface area contributed by atoms with E-state index in [2.05, 4.69) is 0 Å². The van der Waals surface area contributed by atoms with Gasteiger partial charge in [-0.05, 0) is 12.8 Å². The summed E-state index contributed by atoms with van der Waals surface area (Å²) in [5, 5.41) is 25.3. The number of aliphatic hydroxyl groups excluding tert-OH is 3. The maximum atomic E-state index is 10.4. The lowest BCUT2D eigenvalue weighted by molar-refractivity contribution is -0.130. The number of aliphatic hydroxyl groups is 3. The monoisotopic (exact) mass is 148 g/mol. The van der Waals surface area contributed by atoms with Crippen LogP contribution in [0.5, 0.6) is 0 Å². The smallest absolute Gasteiger partial charge is 0.186 e. The first-order valence-corrected chi connectivity index (χ1v) is 3.15. The molecule has 1 atom stereocenters. The van der Waals surface area contributed by atoms with Crippen LogP contribution in [0.15, 0.2) is 0 Å². The molecule has 0 aliphatic rings. The van der Waals surface area contributed by atoms with Gasteiger partial charge in [-0.2, -0.15) is 0 Å². The number of hydrogen-bond acceptors (Lipinski definition) is 4. The summed E-state index contributed by atoms with van der Waals surface area (Å²) in [6.07, 6.45) is -0.514. The molecule has 0 aliphatic carbocycles. The van der Waals surface area contributed by atoms with E-state index in [1.165, 1.54) is 0 Å². The second-order valence-electron chi connectivity index (χ2n) is 2.01. The summed E-state index contributed by atoms with van der Waals surface area (Å²) in [7, 11) is 0. The third kappa shape index (κ3) is 3.55. The van der Waals surface area contributed by atoms with Gasteiger partial charge >= 0.3 is 0 Å². The van der Waals surface area contributed by atoms with E-state index in [-0.39, 0.29) is 13.0 Å². The van der Waals surface area contributed by atoms with Crippen molar-refractivity contribution in [2.45, 2.75) is 18.9 Å². The van der Waals surface area contributed by atoms with Crippen LogP contribution in [0, 0.1) is 0 Å². The summed E-state index contributed by atoms with van der Waals surface area (Å²) >= 11 is 0. The minimum absolute atomic E-state index is 0.0459. The van der Waals surface area contributed by atoms with Crippen LogP contribution in [-0.4, -0.2) is 40.4 Å². The van der Waals surface area contributed by atoms with E-state index >= 15 is 0 Å². The topological polar surface area (TPSA) is 77.8 Å². The fraction of sp³-hybridized carbons (Fsp3) is 0.833. The number of rotatable bonds is 5. The normalized spacial score (nSPS) is 13.1. The largest absolute Gasteiger partial charge is 0.396 e. The standard InChI is InChI=1S/C6H12O4/c7-3-1-2-5(9)6(10)4-8/h5,7-9H,1-4H2/t5-/m0/s1. The fourth-order valence-electron chi connectivity index (χ4n) is 0.551. The van der Waals surface area contributed by atoms with E-state index < -0.39 is 18.5 Å². The first kappa shape index (κ1) is 9.55. The lowest BCUT2D eigenvalue weighted by Gasteiger charge is -2.04. The Balaban J connectivity index is 3.41. The summed E-state index contributed by atoms with van der Waals surface area (Å²) in [5.41, 5.74) is 0. The minimum atomic E-state index is -1.11. The van der Waals surface area contributed by atoms with Crippen LogP contribution in [-0.2, 0) is 4.79 Å². The Kier molecular flexibility index (Phi) is 5.10. The van der Waals surface area contributed by atoms with Crippen molar-refractivity contribution < 1.29 is 20.1 Å². The van der Waals surface area contributed by atoms with Gasteiger partial charge in [0.25, 0.3) is 0 Å². The molecule has 60 valence electrons. The first-order valence-electron chi connectivity index (χ1n) is 3.15. The summed E-state index contributed by atoms with van der Waals surface area (Å²) in [6.45, 7) is -0.678. The van der Waals surface area contributed by atoms with Crippen molar-refractivity contribution in [1.82, 2.24) is 0 Å². The number of carbonyl (C=O) groups is 1. The zero-order chi connectivity index (χ0) is 7.98. The molecule has 0 saturated carbocycles. The molecule has 0 radical (unpaired) electrons. The Morgan fingerprint density at radius 3 is 2.40 bits per heavy atom. The molecule has 4 heteroatoms. The zero-order valence-corrected chi connectivity index (χ0v) is 5.66. The van der Waals surface area contributed by atoms with Crippen LogP contribution in [0.3, 0.4) is 0 Å². The Morgan fingerprint density at radius 2 is 2.00 bits per heavy atom. The third-order valence-electron chi connectivity index (χ3n) is 1.16. The molecule has 10 heavy (non-hydrogen) atoms. The van der Waals surface area contributed by atoms with E-state index in [0.717, 1.165) is 0 Å². The van der Waals surface area contributed by atoms with Crippen molar-refractivity contribution >= 4 is 5.78 Å². The van der Waals surface area contributed by atoms with Crippen LogP contribution in [0.2, 0.25) is 0 Å². The molecule has 0 unspecified atom stereocenters. The molecule has 0 fully saturated rings. The van der Waals surface area contributed by atoms with Crippen molar-refractivity contribution in [2.75, 3.05) is 13.2 Å². The molecule has 0 aromatic heterocycles. The average Bonchev–Trinajstić information content (AvgIpc) is 1.98. The first-order chi connectivity index (χ1) is 4.72. The van der Waals surface area contributed by atoms with Gasteiger partial charge in [-0.25, -0.2) is 0 Å². The van der Waals surface area contributed by atoms with E-state index in [4.69, 9.17) is 15.3 Å². The highest BCUT2D eigenvalue weighted by atomic mass is 16.3. The minimum Gasteiger partial charge on any atom is -0.396 e. The van der Waals surface area contributed by atoms with Gasteiger partial charge in [0, 0.05) is 6.61 Å². The molecule has 3 N–H and O–H groups in total. The Hall–Kier alpha value is -0.450. The van der Waals surface area contributed by atoms with E-state index in [0.29, 0.717) is 6.42 Å². The number of hydrogen-bond donors (Lipinski definition) is 3. The third-order valence-corrected chi connectivity index (χ3v) is 1.16. The van der Waals surface area contributed by atoms with Crippen molar-refractivity contribution in [1.29, 1.82) is 0 Å². The highest BCUT2D eigenvalue weighted by Gasteiger charge is 2.11. The predicted molar refractivity (Wildman–Crippen MR) is 34.4 cm³/mol. The molecule has 0 amide bonds. The SMILES string of the molecule is O=C(CO)[C@@H](O)CCCO. The zero-order valence-electron chi connectivity index (χ0n) is 5.66.